The smallest absolute Gasteiger partial charge is 0.282 e. The van der Waals surface area contributed by atoms with Gasteiger partial charge in [0.15, 0.2) is 0 Å². The van der Waals surface area contributed by atoms with E-state index in [2.05, 4.69) is 25.3 Å². The molecule has 1 amide bonds. The van der Waals surface area contributed by atoms with Crippen LogP contribution in [0.15, 0.2) is 48.5 Å². The van der Waals surface area contributed by atoms with Crippen LogP contribution < -0.4 is 10.2 Å². The molecule has 1 saturated heterocycles. The number of non-ortho nitro benzene ring substituents is 1. The van der Waals surface area contributed by atoms with E-state index in [9.17, 15) is 14.9 Å². The number of carbonyl (C=O) groups is 1. The number of hydrogen-bond acceptors (Lipinski definition) is 8. The molecule has 0 bridgehead atoms. The standard InChI is InChI=1S/C22H24N6O3S/c1-16-2-4-17(5-3-16)14-23-21(29)22-25-24-20(32-22)15-26-10-12-27(13-11-26)18-6-8-19(9-7-18)28(30)31/h2-9H,10-15H2,1H3,(H,23,29). The monoisotopic (exact) mass is 452 g/mol. The van der Waals surface area contributed by atoms with Gasteiger partial charge in [-0.15, -0.1) is 10.2 Å². The van der Waals surface area contributed by atoms with Crippen molar-refractivity contribution in [3.8, 4) is 0 Å². The average molecular weight is 453 g/mol. The van der Waals surface area contributed by atoms with E-state index in [1.807, 2.05) is 31.2 Å². The van der Waals surface area contributed by atoms with E-state index in [4.69, 9.17) is 0 Å². The predicted octanol–water partition coefficient (Wildman–Crippen LogP) is 3.01. The molecule has 2 aromatic carbocycles. The molecule has 1 aliphatic heterocycles. The Labute approximate surface area is 189 Å². The summed E-state index contributed by atoms with van der Waals surface area (Å²) in [5, 5.41) is 23.1. The van der Waals surface area contributed by atoms with E-state index in [1.165, 1.54) is 29.0 Å². The van der Waals surface area contributed by atoms with Crippen LogP contribution in [0.2, 0.25) is 0 Å². The molecule has 0 spiro atoms. The minimum atomic E-state index is -0.388. The van der Waals surface area contributed by atoms with E-state index >= 15 is 0 Å². The number of carbonyl (C=O) groups excluding carboxylic acids is 1. The molecule has 2 heterocycles. The van der Waals surface area contributed by atoms with Gasteiger partial charge < -0.3 is 10.2 Å². The topological polar surface area (TPSA) is 104 Å². The number of nitrogens with zero attached hydrogens (tertiary/aromatic N) is 5. The van der Waals surface area contributed by atoms with Gasteiger partial charge >= 0.3 is 0 Å². The van der Waals surface area contributed by atoms with Gasteiger partial charge in [-0.3, -0.25) is 19.8 Å². The normalized spacial score (nSPS) is 14.3. The van der Waals surface area contributed by atoms with Crippen molar-refractivity contribution in [1.29, 1.82) is 0 Å². The number of amides is 1. The Balaban J connectivity index is 1.25. The number of nitro groups is 1. The summed E-state index contributed by atoms with van der Waals surface area (Å²) in [6, 6.07) is 14.7. The zero-order valence-electron chi connectivity index (χ0n) is 17.7. The summed E-state index contributed by atoms with van der Waals surface area (Å²) in [6.45, 7) is 6.45. The van der Waals surface area contributed by atoms with Crippen LogP contribution in [0.5, 0.6) is 0 Å². The van der Waals surface area contributed by atoms with Gasteiger partial charge in [0, 0.05) is 50.5 Å². The highest BCUT2D eigenvalue weighted by atomic mass is 32.1. The summed E-state index contributed by atoms with van der Waals surface area (Å²) in [7, 11) is 0. The third kappa shape index (κ3) is 5.45. The minimum Gasteiger partial charge on any atom is -0.369 e. The number of nitrogens with one attached hydrogen (secondary N) is 1. The Morgan fingerprint density at radius 1 is 1.06 bits per heavy atom. The Morgan fingerprint density at radius 2 is 1.75 bits per heavy atom. The van der Waals surface area contributed by atoms with Crippen molar-refractivity contribution in [2.24, 2.45) is 0 Å². The molecule has 3 aromatic rings. The third-order valence-electron chi connectivity index (χ3n) is 5.39. The van der Waals surface area contributed by atoms with E-state index in [0.717, 1.165) is 42.4 Å². The Hall–Kier alpha value is -3.37. The highest BCUT2D eigenvalue weighted by Gasteiger charge is 2.20. The molecule has 1 fully saturated rings. The maximum Gasteiger partial charge on any atom is 0.282 e. The molecule has 32 heavy (non-hydrogen) atoms. The first-order valence-electron chi connectivity index (χ1n) is 10.4. The molecule has 1 N–H and O–H groups in total. The maximum absolute atomic E-state index is 12.4. The third-order valence-corrected chi connectivity index (χ3v) is 6.30. The van der Waals surface area contributed by atoms with Crippen LogP contribution in [0, 0.1) is 17.0 Å². The molecule has 1 aliphatic rings. The summed E-state index contributed by atoms with van der Waals surface area (Å²) in [5.74, 6) is -0.211. The molecule has 166 valence electrons. The molecule has 0 aliphatic carbocycles. The van der Waals surface area contributed by atoms with Gasteiger partial charge in [0.2, 0.25) is 5.01 Å². The first-order chi connectivity index (χ1) is 15.5. The first-order valence-corrected chi connectivity index (χ1v) is 11.2. The summed E-state index contributed by atoms with van der Waals surface area (Å²) in [6.07, 6.45) is 0. The number of piperazine rings is 1. The molecular weight excluding hydrogens is 428 g/mol. The minimum absolute atomic E-state index is 0.0994. The Morgan fingerprint density at radius 3 is 2.41 bits per heavy atom. The van der Waals surface area contributed by atoms with E-state index in [1.54, 1.807) is 12.1 Å². The lowest BCUT2D eigenvalue weighted by molar-refractivity contribution is -0.384. The van der Waals surface area contributed by atoms with Gasteiger partial charge in [0.05, 0.1) is 11.5 Å². The number of anilines is 1. The van der Waals surface area contributed by atoms with Crippen LogP contribution in [-0.4, -0.2) is 52.1 Å². The lowest BCUT2D eigenvalue weighted by Gasteiger charge is -2.35. The second-order valence-corrected chi connectivity index (χ2v) is 8.77. The highest BCUT2D eigenvalue weighted by Crippen LogP contribution is 2.21. The molecule has 0 saturated carbocycles. The van der Waals surface area contributed by atoms with Crippen LogP contribution in [0.25, 0.3) is 0 Å². The van der Waals surface area contributed by atoms with Crippen LogP contribution in [0.3, 0.4) is 0 Å². The van der Waals surface area contributed by atoms with Crippen LogP contribution >= 0.6 is 11.3 Å². The van der Waals surface area contributed by atoms with Crippen molar-refractivity contribution in [3.63, 3.8) is 0 Å². The van der Waals surface area contributed by atoms with Crippen molar-refractivity contribution in [1.82, 2.24) is 20.4 Å². The SMILES string of the molecule is Cc1ccc(CNC(=O)c2nnc(CN3CCN(c4ccc([N+](=O)[O-])cc4)CC3)s2)cc1. The van der Waals surface area contributed by atoms with Gasteiger partial charge in [-0.25, -0.2) is 0 Å². The first kappa shape index (κ1) is 21.8. The summed E-state index contributed by atoms with van der Waals surface area (Å²) in [4.78, 5) is 27.3. The predicted molar refractivity (Wildman–Crippen MR) is 123 cm³/mol. The van der Waals surface area contributed by atoms with Crippen LogP contribution in [0.4, 0.5) is 11.4 Å². The second-order valence-electron chi connectivity index (χ2n) is 7.71. The number of aryl methyl sites for hydroxylation is 1. The number of hydrogen-bond donors (Lipinski definition) is 1. The van der Waals surface area contributed by atoms with Gasteiger partial charge in [0.1, 0.15) is 5.01 Å². The van der Waals surface area contributed by atoms with Gasteiger partial charge in [0.25, 0.3) is 11.6 Å². The van der Waals surface area contributed by atoms with E-state index in [-0.39, 0.29) is 16.5 Å². The number of benzene rings is 2. The maximum atomic E-state index is 12.4. The summed E-state index contributed by atoms with van der Waals surface area (Å²) >= 11 is 1.32. The Kier molecular flexibility index (Phi) is 6.72. The Bertz CT molecular complexity index is 1080. The fourth-order valence-electron chi connectivity index (χ4n) is 3.51. The number of nitro benzene ring substituents is 1. The van der Waals surface area contributed by atoms with Gasteiger partial charge in [-0.1, -0.05) is 41.2 Å². The molecule has 0 radical (unpaired) electrons. The molecule has 4 rings (SSSR count). The number of aromatic nitrogens is 2. The van der Waals surface area contributed by atoms with Gasteiger partial charge in [-0.05, 0) is 24.6 Å². The van der Waals surface area contributed by atoms with Crippen molar-refractivity contribution < 1.29 is 9.72 Å². The van der Waals surface area contributed by atoms with Crippen molar-refractivity contribution in [2.75, 3.05) is 31.1 Å². The molecule has 0 unspecified atom stereocenters. The van der Waals surface area contributed by atoms with Crippen LogP contribution in [0.1, 0.15) is 25.9 Å². The van der Waals surface area contributed by atoms with Crippen molar-refractivity contribution in [3.05, 3.63) is 79.8 Å². The fraction of sp³-hybridized carbons (Fsp3) is 0.318. The zero-order chi connectivity index (χ0) is 22.5. The van der Waals surface area contributed by atoms with Crippen molar-refractivity contribution >= 4 is 28.6 Å². The average Bonchev–Trinajstić information content (AvgIpc) is 3.28. The molecule has 9 nitrogen and oxygen atoms in total. The van der Waals surface area contributed by atoms with E-state index < -0.39 is 0 Å². The lowest BCUT2D eigenvalue weighted by atomic mass is 10.1. The number of rotatable bonds is 7. The highest BCUT2D eigenvalue weighted by molar-refractivity contribution is 7.13. The molecule has 1 aromatic heterocycles. The van der Waals surface area contributed by atoms with E-state index in [0.29, 0.717) is 18.1 Å². The van der Waals surface area contributed by atoms with Gasteiger partial charge in [-0.2, -0.15) is 0 Å². The molecule has 0 atom stereocenters. The van der Waals surface area contributed by atoms with Crippen LogP contribution in [-0.2, 0) is 13.1 Å². The second kappa shape index (κ2) is 9.84. The zero-order valence-corrected chi connectivity index (χ0v) is 18.5. The largest absolute Gasteiger partial charge is 0.369 e. The summed E-state index contributed by atoms with van der Waals surface area (Å²) in [5.41, 5.74) is 3.31. The lowest BCUT2D eigenvalue weighted by Crippen LogP contribution is -2.45. The fourth-order valence-corrected chi connectivity index (χ4v) is 4.31. The van der Waals surface area contributed by atoms with Crippen molar-refractivity contribution in [2.45, 2.75) is 20.0 Å². The molecule has 10 heteroatoms. The quantitative estimate of drug-likeness (QED) is 0.434. The summed E-state index contributed by atoms with van der Waals surface area (Å²) < 4.78 is 0. The molecular formula is C22H24N6O3S.